The molecule has 128 valence electrons. The van der Waals surface area contributed by atoms with Crippen LogP contribution in [-0.2, 0) is 6.54 Å². The predicted octanol–water partition coefficient (Wildman–Crippen LogP) is 3.38. The van der Waals surface area contributed by atoms with E-state index in [0.29, 0.717) is 6.04 Å². The number of benzene rings is 1. The maximum absolute atomic E-state index is 4.55. The van der Waals surface area contributed by atoms with E-state index in [1.807, 2.05) is 31.3 Å². The smallest absolute Gasteiger partial charge is 0.226 e. The van der Waals surface area contributed by atoms with Gasteiger partial charge < -0.3 is 10.2 Å². The molecule has 24 heavy (non-hydrogen) atoms. The molecule has 1 fully saturated rings. The third kappa shape index (κ3) is 4.68. The highest BCUT2D eigenvalue weighted by Crippen LogP contribution is 2.19. The highest BCUT2D eigenvalue weighted by Gasteiger charge is 2.19. The number of halogens is 1. The van der Waals surface area contributed by atoms with E-state index in [1.54, 1.807) is 0 Å². The van der Waals surface area contributed by atoms with Crippen LogP contribution in [0, 0.1) is 0 Å². The lowest BCUT2D eigenvalue weighted by Gasteiger charge is -2.32. The average Bonchev–Trinajstić information content (AvgIpc) is 2.59. The zero-order valence-corrected chi connectivity index (χ0v) is 15.8. The van der Waals surface area contributed by atoms with Gasteiger partial charge in [0, 0.05) is 50.4 Å². The Kier molecular flexibility index (Phi) is 5.68. The summed E-state index contributed by atoms with van der Waals surface area (Å²) >= 11 is 3.49. The molecule has 1 aliphatic heterocycles. The molecule has 0 amide bonds. The molecule has 1 aromatic heterocycles. The van der Waals surface area contributed by atoms with E-state index in [2.05, 4.69) is 60.4 Å². The van der Waals surface area contributed by atoms with E-state index in [1.165, 1.54) is 5.56 Å². The van der Waals surface area contributed by atoms with Crippen LogP contribution in [-0.4, -0.2) is 48.1 Å². The van der Waals surface area contributed by atoms with Crippen molar-refractivity contribution in [2.45, 2.75) is 25.4 Å². The Hall–Kier alpha value is -1.66. The third-order valence-corrected chi connectivity index (χ3v) is 4.83. The number of hydrogen-bond acceptors (Lipinski definition) is 5. The van der Waals surface area contributed by atoms with Gasteiger partial charge in [-0.1, -0.05) is 28.1 Å². The molecule has 1 aliphatic rings. The standard InChI is InChI=1S/C18H24BrN5/c1-23(2)18-20-10-7-17(22-18)21-16-8-11-24(12-9-16)13-14-3-5-15(19)6-4-14/h3-7,10,16H,8-9,11-13H2,1-2H3,(H,20,21,22). The summed E-state index contributed by atoms with van der Waals surface area (Å²) in [5.41, 5.74) is 1.37. The van der Waals surface area contributed by atoms with Crippen molar-refractivity contribution in [3.05, 3.63) is 46.6 Å². The van der Waals surface area contributed by atoms with Gasteiger partial charge in [-0.2, -0.15) is 4.98 Å². The molecule has 0 aliphatic carbocycles. The first-order chi connectivity index (χ1) is 11.6. The topological polar surface area (TPSA) is 44.3 Å². The summed E-state index contributed by atoms with van der Waals surface area (Å²) in [5.74, 6) is 1.66. The van der Waals surface area contributed by atoms with Crippen LogP contribution < -0.4 is 10.2 Å². The summed E-state index contributed by atoms with van der Waals surface area (Å²) < 4.78 is 1.14. The lowest BCUT2D eigenvalue weighted by molar-refractivity contribution is 0.211. The number of rotatable bonds is 5. The van der Waals surface area contributed by atoms with Gasteiger partial charge in [-0.25, -0.2) is 4.98 Å². The van der Waals surface area contributed by atoms with Gasteiger partial charge in [0.25, 0.3) is 0 Å². The van der Waals surface area contributed by atoms with Crippen LogP contribution in [0.4, 0.5) is 11.8 Å². The van der Waals surface area contributed by atoms with E-state index in [9.17, 15) is 0 Å². The Morgan fingerprint density at radius 1 is 1.17 bits per heavy atom. The van der Waals surface area contributed by atoms with Gasteiger partial charge in [-0.05, 0) is 36.6 Å². The normalized spacial score (nSPS) is 16.1. The summed E-state index contributed by atoms with van der Waals surface area (Å²) in [6.07, 6.45) is 4.09. The number of anilines is 2. The molecule has 1 saturated heterocycles. The van der Waals surface area contributed by atoms with Crippen molar-refractivity contribution < 1.29 is 0 Å². The number of hydrogen-bond donors (Lipinski definition) is 1. The van der Waals surface area contributed by atoms with Crippen LogP contribution in [0.2, 0.25) is 0 Å². The van der Waals surface area contributed by atoms with Crippen molar-refractivity contribution in [2.24, 2.45) is 0 Å². The fraction of sp³-hybridized carbons (Fsp3) is 0.444. The molecule has 0 radical (unpaired) electrons. The van der Waals surface area contributed by atoms with E-state index in [4.69, 9.17) is 0 Å². The molecule has 5 nitrogen and oxygen atoms in total. The molecule has 6 heteroatoms. The molecule has 0 spiro atoms. The average molecular weight is 390 g/mol. The molecular weight excluding hydrogens is 366 g/mol. The molecule has 2 heterocycles. The second kappa shape index (κ2) is 7.94. The Balaban J connectivity index is 1.50. The predicted molar refractivity (Wildman–Crippen MR) is 102 cm³/mol. The quantitative estimate of drug-likeness (QED) is 0.848. The van der Waals surface area contributed by atoms with E-state index in [-0.39, 0.29) is 0 Å². The Labute approximate surface area is 152 Å². The molecule has 0 unspecified atom stereocenters. The van der Waals surface area contributed by atoms with Crippen molar-refractivity contribution in [3.63, 3.8) is 0 Å². The summed E-state index contributed by atoms with van der Waals surface area (Å²) in [6.45, 7) is 3.25. The molecule has 3 rings (SSSR count). The zero-order valence-electron chi connectivity index (χ0n) is 14.2. The number of nitrogens with one attached hydrogen (secondary N) is 1. The van der Waals surface area contributed by atoms with Crippen molar-refractivity contribution >= 4 is 27.7 Å². The Bertz CT molecular complexity index is 651. The fourth-order valence-electron chi connectivity index (χ4n) is 2.94. The van der Waals surface area contributed by atoms with Crippen LogP contribution in [0.5, 0.6) is 0 Å². The summed E-state index contributed by atoms with van der Waals surface area (Å²) in [4.78, 5) is 13.3. The SMILES string of the molecule is CN(C)c1nccc(NC2CCN(Cc3ccc(Br)cc3)CC2)n1. The minimum atomic E-state index is 0.482. The highest BCUT2D eigenvalue weighted by molar-refractivity contribution is 9.10. The molecule has 0 atom stereocenters. The van der Waals surface area contributed by atoms with Crippen molar-refractivity contribution in [1.82, 2.24) is 14.9 Å². The molecule has 2 aromatic rings. The first-order valence-electron chi connectivity index (χ1n) is 8.34. The zero-order chi connectivity index (χ0) is 16.9. The monoisotopic (exact) mass is 389 g/mol. The summed E-state index contributed by atoms with van der Waals surface area (Å²) in [6, 6.07) is 11.0. The second-order valence-corrected chi connectivity index (χ2v) is 7.37. The minimum absolute atomic E-state index is 0.482. The number of likely N-dealkylation sites (tertiary alicyclic amines) is 1. The van der Waals surface area contributed by atoms with Crippen molar-refractivity contribution in [2.75, 3.05) is 37.4 Å². The van der Waals surface area contributed by atoms with E-state index in [0.717, 1.165) is 48.7 Å². The van der Waals surface area contributed by atoms with Crippen LogP contribution >= 0.6 is 15.9 Å². The van der Waals surface area contributed by atoms with E-state index < -0.39 is 0 Å². The first kappa shape index (κ1) is 17.2. The largest absolute Gasteiger partial charge is 0.367 e. The molecule has 1 aromatic carbocycles. The lowest BCUT2D eigenvalue weighted by Crippen LogP contribution is -2.38. The van der Waals surface area contributed by atoms with Crippen molar-refractivity contribution in [3.8, 4) is 0 Å². The van der Waals surface area contributed by atoms with Gasteiger partial charge in [0.05, 0.1) is 0 Å². The lowest BCUT2D eigenvalue weighted by atomic mass is 10.0. The fourth-order valence-corrected chi connectivity index (χ4v) is 3.20. The first-order valence-corrected chi connectivity index (χ1v) is 9.13. The molecular formula is C18H24BrN5. The van der Waals surface area contributed by atoms with Crippen LogP contribution in [0.15, 0.2) is 41.0 Å². The number of aromatic nitrogens is 2. The molecule has 0 bridgehead atoms. The number of piperidine rings is 1. The third-order valence-electron chi connectivity index (χ3n) is 4.30. The van der Waals surface area contributed by atoms with Gasteiger partial charge in [-0.15, -0.1) is 0 Å². The van der Waals surface area contributed by atoms with Crippen molar-refractivity contribution in [1.29, 1.82) is 0 Å². The molecule has 1 N–H and O–H groups in total. The summed E-state index contributed by atoms with van der Waals surface area (Å²) in [5, 5.41) is 3.56. The van der Waals surface area contributed by atoms with E-state index >= 15 is 0 Å². The van der Waals surface area contributed by atoms with Gasteiger partial charge in [0.1, 0.15) is 5.82 Å². The highest BCUT2D eigenvalue weighted by atomic mass is 79.9. The Morgan fingerprint density at radius 2 is 1.88 bits per heavy atom. The van der Waals surface area contributed by atoms with Crippen LogP contribution in [0.25, 0.3) is 0 Å². The Morgan fingerprint density at radius 3 is 2.54 bits per heavy atom. The van der Waals surface area contributed by atoms with Gasteiger partial charge in [-0.3, -0.25) is 4.90 Å². The second-order valence-electron chi connectivity index (χ2n) is 6.46. The molecule has 0 saturated carbocycles. The van der Waals surface area contributed by atoms with Crippen LogP contribution in [0.1, 0.15) is 18.4 Å². The maximum atomic E-state index is 4.55. The van der Waals surface area contributed by atoms with Gasteiger partial charge >= 0.3 is 0 Å². The van der Waals surface area contributed by atoms with Gasteiger partial charge in [0.2, 0.25) is 5.95 Å². The van der Waals surface area contributed by atoms with Crippen LogP contribution in [0.3, 0.4) is 0 Å². The summed E-state index contributed by atoms with van der Waals surface area (Å²) in [7, 11) is 3.92. The maximum Gasteiger partial charge on any atom is 0.226 e. The number of nitrogens with zero attached hydrogens (tertiary/aromatic N) is 4. The minimum Gasteiger partial charge on any atom is -0.367 e. The van der Waals surface area contributed by atoms with Gasteiger partial charge in [0.15, 0.2) is 0 Å².